The standard InChI is InChI=1S/C12H16N4O3/c1-12(5-2-6-12)14-11(17)8-3-4-9(15-13)10(7-8)16(18)19/h3-4,7,15H,2,5-6,13H2,1H3,(H,14,17). The molecule has 0 bridgehead atoms. The molecule has 102 valence electrons. The third kappa shape index (κ3) is 2.65. The number of hydrogen-bond acceptors (Lipinski definition) is 5. The van der Waals surface area contributed by atoms with Crippen molar-refractivity contribution < 1.29 is 9.72 Å². The van der Waals surface area contributed by atoms with Crippen molar-refractivity contribution in [2.45, 2.75) is 31.7 Å². The molecule has 0 heterocycles. The van der Waals surface area contributed by atoms with E-state index in [1.54, 1.807) is 0 Å². The van der Waals surface area contributed by atoms with Crippen LogP contribution in [-0.4, -0.2) is 16.4 Å². The zero-order valence-electron chi connectivity index (χ0n) is 10.6. The maximum atomic E-state index is 12.0. The molecule has 7 heteroatoms. The van der Waals surface area contributed by atoms with Crippen molar-refractivity contribution in [3.05, 3.63) is 33.9 Å². The number of nitrogens with zero attached hydrogens (tertiary/aromatic N) is 1. The Morgan fingerprint density at radius 3 is 2.63 bits per heavy atom. The van der Waals surface area contributed by atoms with E-state index < -0.39 is 4.92 Å². The van der Waals surface area contributed by atoms with Crippen LogP contribution in [0.5, 0.6) is 0 Å². The van der Waals surface area contributed by atoms with Gasteiger partial charge in [-0.2, -0.15) is 0 Å². The first-order valence-electron chi connectivity index (χ1n) is 6.03. The Kier molecular flexibility index (Phi) is 3.39. The number of benzene rings is 1. The van der Waals surface area contributed by atoms with Crippen molar-refractivity contribution in [3.8, 4) is 0 Å². The third-order valence-corrected chi connectivity index (χ3v) is 3.48. The highest BCUT2D eigenvalue weighted by Gasteiger charge is 2.33. The van der Waals surface area contributed by atoms with Gasteiger partial charge in [-0.3, -0.25) is 20.8 Å². The molecule has 1 aliphatic rings. The number of hydrazine groups is 1. The van der Waals surface area contributed by atoms with Crippen molar-refractivity contribution in [1.82, 2.24) is 5.32 Å². The van der Waals surface area contributed by atoms with Gasteiger partial charge in [0, 0.05) is 17.2 Å². The van der Waals surface area contributed by atoms with Crippen molar-refractivity contribution in [3.63, 3.8) is 0 Å². The van der Waals surface area contributed by atoms with E-state index in [9.17, 15) is 14.9 Å². The van der Waals surface area contributed by atoms with Gasteiger partial charge in [0.25, 0.3) is 11.6 Å². The molecule has 1 fully saturated rings. The second kappa shape index (κ2) is 4.85. The van der Waals surface area contributed by atoms with E-state index in [-0.39, 0.29) is 28.4 Å². The maximum Gasteiger partial charge on any atom is 0.294 e. The summed E-state index contributed by atoms with van der Waals surface area (Å²) in [5, 5.41) is 13.8. The van der Waals surface area contributed by atoms with Crippen LogP contribution in [0.1, 0.15) is 36.5 Å². The van der Waals surface area contributed by atoms with Crippen LogP contribution >= 0.6 is 0 Å². The molecular formula is C12H16N4O3. The van der Waals surface area contributed by atoms with Gasteiger partial charge in [0.15, 0.2) is 0 Å². The molecule has 0 aliphatic heterocycles. The van der Waals surface area contributed by atoms with E-state index in [4.69, 9.17) is 5.84 Å². The maximum absolute atomic E-state index is 12.0. The van der Waals surface area contributed by atoms with E-state index in [2.05, 4.69) is 10.7 Å². The number of nitrogens with one attached hydrogen (secondary N) is 2. The molecule has 0 atom stereocenters. The van der Waals surface area contributed by atoms with Crippen molar-refractivity contribution in [1.29, 1.82) is 0 Å². The molecule has 2 rings (SSSR count). The summed E-state index contributed by atoms with van der Waals surface area (Å²) < 4.78 is 0. The molecule has 1 saturated carbocycles. The average Bonchev–Trinajstić information content (AvgIpc) is 2.35. The monoisotopic (exact) mass is 264 g/mol. The fourth-order valence-corrected chi connectivity index (χ4v) is 2.12. The Labute approximate surface area is 110 Å². The third-order valence-electron chi connectivity index (χ3n) is 3.48. The lowest BCUT2D eigenvalue weighted by Gasteiger charge is -2.39. The van der Waals surface area contributed by atoms with Crippen LogP contribution in [-0.2, 0) is 0 Å². The molecule has 7 nitrogen and oxygen atoms in total. The second-order valence-electron chi connectivity index (χ2n) is 5.00. The zero-order chi connectivity index (χ0) is 14.0. The second-order valence-corrected chi connectivity index (χ2v) is 5.00. The lowest BCUT2D eigenvalue weighted by Crippen LogP contribution is -2.50. The molecule has 19 heavy (non-hydrogen) atoms. The predicted molar refractivity (Wildman–Crippen MR) is 70.6 cm³/mol. The van der Waals surface area contributed by atoms with Gasteiger partial charge in [-0.1, -0.05) is 0 Å². The number of anilines is 1. The fraction of sp³-hybridized carbons (Fsp3) is 0.417. The highest BCUT2D eigenvalue weighted by molar-refractivity contribution is 5.96. The van der Waals surface area contributed by atoms with Crippen molar-refractivity contribution in [2.24, 2.45) is 5.84 Å². The molecule has 0 spiro atoms. The minimum Gasteiger partial charge on any atom is -0.347 e. The molecule has 1 aliphatic carbocycles. The minimum absolute atomic E-state index is 0.177. The molecule has 0 unspecified atom stereocenters. The number of nitrogens with two attached hydrogens (primary N) is 1. The minimum atomic E-state index is -0.572. The predicted octanol–water partition coefficient (Wildman–Crippen LogP) is 1.55. The Bertz CT molecular complexity index is 526. The Morgan fingerprint density at radius 2 is 2.16 bits per heavy atom. The van der Waals surface area contributed by atoms with Crippen LogP contribution in [0, 0.1) is 10.1 Å². The van der Waals surface area contributed by atoms with Crippen LogP contribution in [0.15, 0.2) is 18.2 Å². The molecule has 1 aromatic carbocycles. The van der Waals surface area contributed by atoms with Gasteiger partial charge in [0.2, 0.25) is 0 Å². The largest absolute Gasteiger partial charge is 0.347 e. The number of carbonyl (C=O) groups excluding carboxylic acids is 1. The first-order valence-corrected chi connectivity index (χ1v) is 6.03. The quantitative estimate of drug-likeness (QED) is 0.434. The van der Waals surface area contributed by atoms with Crippen LogP contribution in [0.2, 0.25) is 0 Å². The van der Waals surface area contributed by atoms with Gasteiger partial charge in [-0.15, -0.1) is 0 Å². The molecule has 0 saturated heterocycles. The number of rotatable bonds is 4. The summed E-state index contributed by atoms with van der Waals surface area (Å²) in [6.45, 7) is 1.97. The lowest BCUT2D eigenvalue weighted by atomic mass is 9.78. The molecule has 4 N–H and O–H groups in total. The first-order chi connectivity index (χ1) is 8.95. The van der Waals surface area contributed by atoms with Crippen molar-refractivity contribution in [2.75, 3.05) is 5.43 Å². The highest BCUT2D eigenvalue weighted by atomic mass is 16.6. The summed E-state index contributed by atoms with van der Waals surface area (Å²) in [6.07, 6.45) is 2.96. The summed E-state index contributed by atoms with van der Waals surface area (Å²) in [5.41, 5.74) is 2.28. The van der Waals surface area contributed by atoms with Crippen molar-refractivity contribution >= 4 is 17.3 Å². The van der Waals surface area contributed by atoms with Gasteiger partial charge in [-0.25, -0.2) is 0 Å². The molecule has 0 aromatic heterocycles. The molecule has 0 radical (unpaired) electrons. The Hall–Kier alpha value is -2.15. The Morgan fingerprint density at radius 1 is 1.47 bits per heavy atom. The summed E-state index contributed by atoms with van der Waals surface area (Å²) >= 11 is 0. The van der Waals surface area contributed by atoms with Gasteiger partial charge in [-0.05, 0) is 38.3 Å². The summed E-state index contributed by atoms with van der Waals surface area (Å²) in [6, 6.07) is 4.17. The summed E-state index contributed by atoms with van der Waals surface area (Å²) in [7, 11) is 0. The highest BCUT2D eigenvalue weighted by Crippen LogP contribution is 2.31. The van der Waals surface area contributed by atoms with Gasteiger partial charge >= 0.3 is 0 Å². The van der Waals surface area contributed by atoms with Crippen LogP contribution in [0.25, 0.3) is 0 Å². The van der Waals surface area contributed by atoms with Gasteiger partial charge < -0.3 is 10.7 Å². The van der Waals surface area contributed by atoms with Gasteiger partial charge in [0.05, 0.1) is 4.92 Å². The number of nitro benzene ring substituents is 1. The number of nitrogen functional groups attached to an aromatic ring is 1. The van der Waals surface area contributed by atoms with E-state index in [0.717, 1.165) is 19.3 Å². The summed E-state index contributed by atoms with van der Waals surface area (Å²) in [5.74, 6) is 4.89. The number of carbonyl (C=O) groups is 1. The average molecular weight is 264 g/mol. The van der Waals surface area contributed by atoms with Crippen LogP contribution < -0.4 is 16.6 Å². The normalized spacial score (nSPS) is 16.3. The summed E-state index contributed by atoms with van der Waals surface area (Å²) in [4.78, 5) is 22.4. The number of amides is 1. The van der Waals surface area contributed by atoms with Crippen LogP contribution in [0.4, 0.5) is 11.4 Å². The zero-order valence-corrected chi connectivity index (χ0v) is 10.6. The number of nitro groups is 1. The van der Waals surface area contributed by atoms with Gasteiger partial charge in [0.1, 0.15) is 5.69 Å². The molecule has 1 aromatic rings. The topological polar surface area (TPSA) is 110 Å². The SMILES string of the molecule is CC1(NC(=O)c2ccc(NN)c([N+](=O)[O-])c2)CCC1. The smallest absolute Gasteiger partial charge is 0.294 e. The van der Waals surface area contributed by atoms with E-state index >= 15 is 0 Å². The van der Waals surface area contributed by atoms with E-state index in [1.165, 1.54) is 18.2 Å². The molecule has 1 amide bonds. The molecular weight excluding hydrogens is 248 g/mol. The Balaban J connectivity index is 2.22. The van der Waals surface area contributed by atoms with E-state index in [1.807, 2.05) is 6.92 Å². The first kappa shape index (κ1) is 13.3. The number of hydrogen-bond donors (Lipinski definition) is 3. The van der Waals surface area contributed by atoms with E-state index in [0.29, 0.717) is 0 Å². The lowest BCUT2D eigenvalue weighted by molar-refractivity contribution is -0.384. The fourth-order valence-electron chi connectivity index (χ4n) is 2.12. The van der Waals surface area contributed by atoms with Crippen LogP contribution in [0.3, 0.4) is 0 Å².